The average molecular weight is 225 g/mol. The van der Waals surface area contributed by atoms with E-state index in [-0.39, 0.29) is 11.9 Å². The molecule has 0 aliphatic carbocycles. The van der Waals surface area contributed by atoms with Crippen LogP contribution in [0.3, 0.4) is 0 Å². The minimum atomic E-state index is -0.150. The van der Waals surface area contributed by atoms with Crippen molar-refractivity contribution >= 4 is 0 Å². The van der Waals surface area contributed by atoms with Crippen molar-refractivity contribution in [2.24, 2.45) is 0 Å². The minimum absolute atomic E-state index is 0.150. The fraction of sp³-hybridized carbons (Fsp3) is 0.538. The van der Waals surface area contributed by atoms with Gasteiger partial charge in [0.1, 0.15) is 5.82 Å². The molecule has 0 aliphatic heterocycles. The molecule has 0 spiro atoms. The smallest absolute Gasteiger partial charge is 0.127 e. The molecule has 0 fully saturated rings. The Morgan fingerprint density at radius 2 is 2.12 bits per heavy atom. The van der Waals surface area contributed by atoms with E-state index < -0.39 is 0 Å². The Bertz CT molecular complexity index is 326. The summed E-state index contributed by atoms with van der Waals surface area (Å²) >= 11 is 0. The van der Waals surface area contributed by atoms with Crippen LogP contribution < -0.4 is 5.32 Å². The molecule has 0 radical (unpaired) electrons. The van der Waals surface area contributed by atoms with Crippen molar-refractivity contribution in [3.05, 3.63) is 35.1 Å². The number of nitrogens with one attached hydrogen (secondary N) is 1. The van der Waals surface area contributed by atoms with Crippen LogP contribution >= 0.6 is 0 Å². The van der Waals surface area contributed by atoms with Crippen LogP contribution in [0.25, 0.3) is 0 Å². The van der Waals surface area contributed by atoms with Gasteiger partial charge in [0, 0.05) is 18.7 Å². The van der Waals surface area contributed by atoms with E-state index in [1.165, 1.54) is 6.07 Å². The van der Waals surface area contributed by atoms with Crippen molar-refractivity contribution in [1.29, 1.82) is 0 Å². The van der Waals surface area contributed by atoms with Crippen molar-refractivity contribution in [2.75, 3.05) is 13.2 Å². The highest BCUT2D eigenvalue weighted by molar-refractivity contribution is 5.23. The van der Waals surface area contributed by atoms with Crippen molar-refractivity contribution in [1.82, 2.24) is 5.32 Å². The Morgan fingerprint density at radius 3 is 2.81 bits per heavy atom. The second-order valence-corrected chi connectivity index (χ2v) is 4.19. The van der Waals surface area contributed by atoms with E-state index in [9.17, 15) is 4.39 Å². The number of benzene rings is 1. The van der Waals surface area contributed by atoms with E-state index in [1.54, 1.807) is 6.07 Å². The lowest BCUT2D eigenvalue weighted by Crippen LogP contribution is -2.21. The molecule has 0 heterocycles. The Labute approximate surface area is 96.8 Å². The first-order valence-corrected chi connectivity index (χ1v) is 5.67. The summed E-state index contributed by atoms with van der Waals surface area (Å²) in [6.45, 7) is 7.91. The molecule has 1 N–H and O–H groups in total. The van der Waals surface area contributed by atoms with E-state index in [0.29, 0.717) is 18.7 Å². The molecule has 16 heavy (non-hydrogen) atoms. The van der Waals surface area contributed by atoms with Crippen LogP contribution in [0.15, 0.2) is 18.2 Å². The second-order valence-electron chi connectivity index (χ2n) is 4.19. The van der Waals surface area contributed by atoms with Gasteiger partial charge in [-0.25, -0.2) is 4.39 Å². The fourth-order valence-electron chi connectivity index (χ4n) is 1.43. The molecule has 2 nitrogen and oxygen atoms in total. The summed E-state index contributed by atoms with van der Waals surface area (Å²) in [4.78, 5) is 0. The molecule has 0 aromatic heterocycles. The first kappa shape index (κ1) is 13.1. The maximum absolute atomic E-state index is 13.3. The summed E-state index contributed by atoms with van der Waals surface area (Å²) in [7, 11) is 0. The molecule has 1 aromatic carbocycles. The zero-order chi connectivity index (χ0) is 12.0. The number of rotatable bonds is 6. The number of aryl methyl sites for hydroxylation is 1. The van der Waals surface area contributed by atoms with Gasteiger partial charge in [-0.3, -0.25) is 0 Å². The summed E-state index contributed by atoms with van der Waals surface area (Å²) in [6, 6.07) is 5.16. The van der Waals surface area contributed by atoms with Gasteiger partial charge in [-0.05, 0) is 26.8 Å². The van der Waals surface area contributed by atoms with Crippen LogP contribution in [-0.2, 0) is 11.3 Å². The van der Waals surface area contributed by atoms with E-state index in [4.69, 9.17) is 4.74 Å². The standard InChI is InChI=1S/C13H20FNO/c1-10(2)16-7-6-15-9-12-8-11(3)4-5-13(12)14/h4-5,8,10,15H,6-7,9H2,1-3H3. The van der Waals surface area contributed by atoms with Crippen LogP contribution in [-0.4, -0.2) is 19.3 Å². The van der Waals surface area contributed by atoms with Gasteiger partial charge in [0.25, 0.3) is 0 Å². The monoisotopic (exact) mass is 225 g/mol. The second kappa shape index (κ2) is 6.61. The summed E-state index contributed by atoms with van der Waals surface area (Å²) in [5.41, 5.74) is 1.79. The van der Waals surface area contributed by atoms with E-state index in [2.05, 4.69) is 5.32 Å². The van der Waals surface area contributed by atoms with Gasteiger partial charge >= 0.3 is 0 Å². The zero-order valence-electron chi connectivity index (χ0n) is 10.2. The van der Waals surface area contributed by atoms with Gasteiger partial charge in [-0.1, -0.05) is 17.7 Å². The first-order valence-electron chi connectivity index (χ1n) is 5.67. The number of hydrogen-bond acceptors (Lipinski definition) is 2. The van der Waals surface area contributed by atoms with Crippen LogP contribution in [0.4, 0.5) is 4.39 Å². The van der Waals surface area contributed by atoms with Crippen molar-refractivity contribution in [3.63, 3.8) is 0 Å². The number of halogens is 1. The maximum atomic E-state index is 13.3. The molecule has 0 amide bonds. The summed E-state index contributed by atoms with van der Waals surface area (Å²) in [5, 5.41) is 3.16. The molecule has 0 atom stereocenters. The average Bonchev–Trinajstić information content (AvgIpc) is 2.22. The predicted octanol–water partition coefficient (Wildman–Crippen LogP) is 2.65. The Morgan fingerprint density at radius 1 is 1.38 bits per heavy atom. The highest BCUT2D eigenvalue weighted by Crippen LogP contribution is 2.09. The molecule has 1 aromatic rings. The Balaban J connectivity index is 2.29. The molecule has 1 rings (SSSR count). The van der Waals surface area contributed by atoms with Crippen molar-refractivity contribution in [3.8, 4) is 0 Å². The first-order chi connectivity index (χ1) is 7.59. The van der Waals surface area contributed by atoms with Crippen molar-refractivity contribution in [2.45, 2.75) is 33.4 Å². The fourth-order valence-corrected chi connectivity index (χ4v) is 1.43. The molecular formula is C13H20FNO. The topological polar surface area (TPSA) is 21.3 Å². The third-order valence-corrected chi connectivity index (χ3v) is 2.25. The van der Waals surface area contributed by atoms with Crippen LogP contribution in [0.1, 0.15) is 25.0 Å². The number of ether oxygens (including phenoxy) is 1. The lowest BCUT2D eigenvalue weighted by molar-refractivity contribution is 0.0806. The molecule has 0 bridgehead atoms. The third kappa shape index (κ3) is 4.73. The van der Waals surface area contributed by atoms with Gasteiger partial charge in [-0.2, -0.15) is 0 Å². The molecule has 0 aliphatic rings. The largest absolute Gasteiger partial charge is 0.377 e. The van der Waals surface area contributed by atoms with E-state index in [0.717, 1.165) is 12.1 Å². The molecular weight excluding hydrogens is 205 g/mol. The number of hydrogen-bond donors (Lipinski definition) is 1. The minimum Gasteiger partial charge on any atom is -0.377 e. The van der Waals surface area contributed by atoms with Gasteiger partial charge in [-0.15, -0.1) is 0 Å². The Hall–Kier alpha value is -0.930. The molecule has 90 valence electrons. The zero-order valence-corrected chi connectivity index (χ0v) is 10.2. The Kier molecular flexibility index (Phi) is 5.43. The summed E-state index contributed by atoms with van der Waals surface area (Å²) < 4.78 is 18.7. The van der Waals surface area contributed by atoms with Gasteiger partial charge in [0.2, 0.25) is 0 Å². The molecule has 0 saturated heterocycles. The summed E-state index contributed by atoms with van der Waals surface area (Å²) in [6.07, 6.45) is 0.248. The van der Waals surface area contributed by atoms with E-state index in [1.807, 2.05) is 26.8 Å². The third-order valence-electron chi connectivity index (χ3n) is 2.25. The van der Waals surface area contributed by atoms with Crippen LogP contribution in [0.2, 0.25) is 0 Å². The molecule has 0 unspecified atom stereocenters. The maximum Gasteiger partial charge on any atom is 0.127 e. The lowest BCUT2D eigenvalue weighted by atomic mass is 10.1. The SMILES string of the molecule is Cc1ccc(F)c(CNCCOC(C)C)c1. The quantitative estimate of drug-likeness (QED) is 0.751. The van der Waals surface area contributed by atoms with Gasteiger partial charge < -0.3 is 10.1 Å². The van der Waals surface area contributed by atoms with Crippen LogP contribution in [0, 0.1) is 12.7 Å². The predicted molar refractivity (Wildman–Crippen MR) is 63.9 cm³/mol. The lowest BCUT2D eigenvalue weighted by Gasteiger charge is -2.09. The van der Waals surface area contributed by atoms with Crippen LogP contribution in [0.5, 0.6) is 0 Å². The normalized spacial score (nSPS) is 11.1. The molecule has 3 heteroatoms. The molecule has 0 saturated carbocycles. The van der Waals surface area contributed by atoms with Gasteiger partial charge in [0.05, 0.1) is 12.7 Å². The van der Waals surface area contributed by atoms with Gasteiger partial charge in [0.15, 0.2) is 0 Å². The highest BCUT2D eigenvalue weighted by atomic mass is 19.1. The van der Waals surface area contributed by atoms with E-state index >= 15 is 0 Å². The van der Waals surface area contributed by atoms with Crippen molar-refractivity contribution < 1.29 is 9.13 Å². The highest BCUT2D eigenvalue weighted by Gasteiger charge is 2.01. The summed E-state index contributed by atoms with van der Waals surface area (Å²) in [5.74, 6) is -0.150.